The number of rotatable bonds is 4. The van der Waals surface area contributed by atoms with Crippen LogP contribution in [0.5, 0.6) is 0 Å². The first-order valence-corrected chi connectivity index (χ1v) is 4.72. The Morgan fingerprint density at radius 2 is 2.46 bits per heavy atom. The summed E-state index contributed by atoms with van der Waals surface area (Å²) in [7, 11) is 0. The van der Waals surface area contributed by atoms with Crippen molar-refractivity contribution in [2.24, 2.45) is 0 Å². The Hall–Kier alpha value is -0.640. The Morgan fingerprint density at radius 3 is 2.92 bits per heavy atom. The van der Waals surface area contributed by atoms with E-state index in [9.17, 15) is 9.18 Å². The highest BCUT2D eigenvalue weighted by Gasteiger charge is 2.41. The van der Waals surface area contributed by atoms with E-state index in [0.29, 0.717) is 6.42 Å². The second kappa shape index (κ2) is 4.05. The van der Waals surface area contributed by atoms with Crippen molar-refractivity contribution in [3.05, 3.63) is 0 Å². The highest BCUT2D eigenvalue weighted by atomic mass is 19.1. The molecule has 2 N–H and O–H groups in total. The zero-order chi connectivity index (χ0) is 9.90. The predicted octanol–water partition coefficient (Wildman–Crippen LogP) is 1.33. The van der Waals surface area contributed by atoms with Crippen molar-refractivity contribution in [3.8, 4) is 0 Å². The van der Waals surface area contributed by atoms with E-state index in [1.54, 1.807) is 0 Å². The molecule has 0 aromatic rings. The molecule has 0 amide bonds. The molecule has 0 radical (unpaired) electrons. The summed E-state index contributed by atoms with van der Waals surface area (Å²) in [5, 5.41) is 11.3. The van der Waals surface area contributed by atoms with E-state index >= 15 is 0 Å². The van der Waals surface area contributed by atoms with Gasteiger partial charge in [0.25, 0.3) is 0 Å². The largest absolute Gasteiger partial charge is 0.480 e. The minimum Gasteiger partial charge on any atom is -0.480 e. The zero-order valence-electron chi connectivity index (χ0n) is 7.85. The fourth-order valence-corrected chi connectivity index (χ4v) is 1.67. The average Bonchev–Trinajstić information content (AvgIpc) is 2.46. The van der Waals surface area contributed by atoms with Crippen LogP contribution in [0.1, 0.15) is 32.6 Å². The molecular weight excluding hydrogens is 173 g/mol. The highest BCUT2D eigenvalue weighted by molar-refractivity contribution is 5.74. The van der Waals surface area contributed by atoms with Crippen molar-refractivity contribution in [2.75, 3.05) is 6.54 Å². The number of hydrogen-bond donors (Lipinski definition) is 2. The van der Waals surface area contributed by atoms with Gasteiger partial charge in [0, 0.05) is 13.0 Å². The van der Waals surface area contributed by atoms with Crippen LogP contribution in [0, 0.1) is 0 Å². The molecule has 1 fully saturated rings. The normalized spacial score (nSPS) is 33.5. The molecule has 1 heterocycles. The molecular formula is C9H16FNO2. The van der Waals surface area contributed by atoms with Gasteiger partial charge >= 0.3 is 5.97 Å². The lowest BCUT2D eigenvalue weighted by Gasteiger charge is -2.17. The molecule has 1 aliphatic heterocycles. The van der Waals surface area contributed by atoms with Gasteiger partial charge in [-0.05, 0) is 6.42 Å². The van der Waals surface area contributed by atoms with E-state index in [1.807, 2.05) is 6.92 Å². The molecule has 1 rings (SSSR count). The highest BCUT2D eigenvalue weighted by Crippen LogP contribution is 2.29. The number of carboxylic acid groups (broad SMARTS) is 1. The molecule has 3 nitrogen and oxygen atoms in total. The minimum absolute atomic E-state index is 0.113. The van der Waals surface area contributed by atoms with Crippen LogP contribution >= 0.6 is 0 Å². The summed E-state index contributed by atoms with van der Waals surface area (Å²) in [4.78, 5) is 10.5. The van der Waals surface area contributed by atoms with E-state index in [1.165, 1.54) is 0 Å². The summed E-state index contributed by atoms with van der Waals surface area (Å²) in [6, 6.07) is -0.693. The number of halogens is 1. The zero-order valence-corrected chi connectivity index (χ0v) is 7.85. The molecule has 76 valence electrons. The monoisotopic (exact) mass is 189 g/mol. The molecule has 2 atom stereocenters. The lowest BCUT2D eigenvalue weighted by Crippen LogP contribution is -2.30. The van der Waals surface area contributed by atoms with Crippen LogP contribution in [0.25, 0.3) is 0 Å². The van der Waals surface area contributed by atoms with Gasteiger partial charge in [-0.1, -0.05) is 19.8 Å². The molecule has 1 unspecified atom stereocenters. The van der Waals surface area contributed by atoms with Gasteiger partial charge in [-0.15, -0.1) is 0 Å². The molecule has 4 heteroatoms. The fraction of sp³-hybridized carbons (Fsp3) is 0.889. The second-order valence-electron chi connectivity index (χ2n) is 3.73. The SMILES string of the molecule is CCCCC1(F)CN[C@H](C(=O)O)C1. The van der Waals surface area contributed by atoms with Crippen molar-refractivity contribution in [3.63, 3.8) is 0 Å². The van der Waals surface area contributed by atoms with E-state index in [2.05, 4.69) is 5.32 Å². The summed E-state index contributed by atoms with van der Waals surface area (Å²) in [6.45, 7) is 2.18. The maximum atomic E-state index is 13.8. The number of hydrogen-bond acceptors (Lipinski definition) is 2. The molecule has 0 spiro atoms. The van der Waals surface area contributed by atoms with Gasteiger partial charge in [0.2, 0.25) is 0 Å². The molecule has 0 aliphatic carbocycles. The van der Waals surface area contributed by atoms with Gasteiger partial charge in [0.1, 0.15) is 11.7 Å². The first kappa shape index (κ1) is 10.4. The fourth-order valence-electron chi connectivity index (χ4n) is 1.67. The van der Waals surface area contributed by atoms with Gasteiger partial charge in [0.15, 0.2) is 0 Å². The number of carbonyl (C=O) groups is 1. The van der Waals surface area contributed by atoms with E-state index in [4.69, 9.17) is 5.11 Å². The molecule has 1 aliphatic rings. The summed E-state index contributed by atoms with van der Waals surface area (Å²) >= 11 is 0. The molecule has 0 aromatic heterocycles. The topological polar surface area (TPSA) is 49.3 Å². The Kier molecular flexibility index (Phi) is 3.25. The van der Waals surface area contributed by atoms with Crippen molar-refractivity contribution < 1.29 is 14.3 Å². The van der Waals surface area contributed by atoms with E-state index in [0.717, 1.165) is 12.8 Å². The number of carboxylic acids is 1. The van der Waals surface area contributed by atoms with Crippen LogP contribution in [-0.2, 0) is 4.79 Å². The van der Waals surface area contributed by atoms with E-state index in [-0.39, 0.29) is 13.0 Å². The molecule has 0 bridgehead atoms. The lowest BCUT2D eigenvalue weighted by molar-refractivity contribution is -0.139. The van der Waals surface area contributed by atoms with Crippen LogP contribution < -0.4 is 5.32 Å². The van der Waals surface area contributed by atoms with Gasteiger partial charge in [0.05, 0.1) is 0 Å². The predicted molar refractivity (Wildman–Crippen MR) is 47.4 cm³/mol. The summed E-state index contributed by atoms with van der Waals surface area (Å²) in [5.41, 5.74) is -1.29. The Labute approximate surface area is 77.3 Å². The summed E-state index contributed by atoms with van der Waals surface area (Å²) < 4.78 is 13.8. The van der Waals surface area contributed by atoms with Crippen molar-refractivity contribution in [1.29, 1.82) is 0 Å². The number of nitrogens with one attached hydrogen (secondary N) is 1. The summed E-state index contributed by atoms with van der Waals surface area (Å²) in [6.07, 6.45) is 2.36. The van der Waals surface area contributed by atoms with Crippen molar-refractivity contribution >= 4 is 5.97 Å². The van der Waals surface area contributed by atoms with E-state index < -0.39 is 17.7 Å². The van der Waals surface area contributed by atoms with Gasteiger partial charge in [-0.2, -0.15) is 0 Å². The van der Waals surface area contributed by atoms with Gasteiger partial charge in [-0.25, -0.2) is 4.39 Å². The average molecular weight is 189 g/mol. The molecule has 13 heavy (non-hydrogen) atoms. The first-order valence-electron chi connectivity index (χ1n) is 4.72. The second-order valence-corrected chi connectivity index (χ2v) is 3.73. The number of alkyl halides is 1. The van der Waals surface area contributed by atoms with Gasteiger partial charge < -0.3 is 10.4 Å². The maximum Gasteiger partial charge on any atom is 0.320 e. The Balaban J connectivity index is 2.41. The third-order valence-corrected chi connectivity index (χ3v) is 2.51. The van der Waals surface area contributed by atoms with Gasteiger partial charge in [-0.3, -0.25) is 4.79 Å². The number of aliphatic carboxylic acids is 1. The van der Waals surface area contributed by atoms with Crippen LogP contribution in [0.15, 0.2) is 0 Å². The molecule has 0 saturated carbocycles. The minimum atomic E-state index is -1.29. The van der Waals surface area contributed by atoms with Crippen LogP contribution in [0.4, 0.5) is 4.39 Å². The Bertz CT molecular complexity index is 198. The van der Waals surface area contributed by atoms with Crippen LogP contribution in [0.3, 0.4) is 0 Å². The first-order chi connectivity index (χ1) is 6.07. The third kappa shape index (κ3) is 2.66. The molecule has 0 aromatic carbocycles. The lowest BCUT2D eigenvalue weighted by atomic mass is 9.96. The Morgan fingerprint density at radius 1 is 1.77 bits per heavy atom. The quantitative estimate of drug-likeness (QED) is 0.701. The van der Waals surface area contributed by atoms with Crippen molar-refractivity contribution in [1.82, 2.24) is 5.32 Å². The summed E-state index contributed by atoms with van der Waals surface area (Å²) in [5.74, 6) is -0.948. The maximum absolute atomic E-state index is 13.8. The standard InChI is InChI=1S/C9H16FNO2/c1-2-3-4-9(10)5-7(8(12)13)11-6-9/h7,11H,2-6H2,1H3,(H,12,13)/t7-,9?/m0/s1. The van der Waals surface area contributed by atoms with Crippen molar-refractivity contribution in [2.45, 2.75) is 44.3 Å². The smallest absolute Gasteiger partial charge is 0.320 e. The number of unbranched alkanes of at least 4 members (excludes halogenated alkanes) is 1. The molecule has 1 saturated heterocycles. The third-order valence-electron chi connectivity index (χ3n) is 2.51. The van der Waals surface area contributed by atoms with Crippen LogP contribution in [0.2, 0.25) is 0 Å². The van der Waals surface area contributed by atoms with Crippen LogP contribution in [-0.4, -0.2) is 29.3 Å².